The summed E-state index contributed by atoms with van der Waals surface area (Å²) in [4.78, 5) is 2.46. The number of hydrogen-bond acceptors (Lipinski definition) is 2. The van der Waals surface area contributed by atoms with Crippen LogP contribution in [-0.2, 0) is 0 Å². The van der Waals surface area contributed by atoms with Crippen LogP contribution in [0.15, 0.2) is 24.3 Å². The molecular weight excluding hydrogens is 227 g/mol. The highest BCUT2D eigenvalue weighted by atomic mass is 19.1. The maximum absolute atomic E-state index is 13.7. The van der Waals surface area contributed by atoms with Crippen molar-refractivity contribution in [2.75, 3.05) is 13.1 Å². The molecule has 1 saturated heterocycles. The van der Waals surface area contributed by atoms with E-state index in [0.717, 1.165) is 25.1 Å². The van der Waals surface area contributed by atoms with Crippen LogP contribution in [0.5, 0.6) is 0 Å². The zero-order valence-electron chi connectivity index (χ0n) is 11.5. The van der Waals surface area contributed by atoms with Gasteiger partial charge in [0, 0.05) is 30.2 Å². The van der Waals surface area contributed by atoms with E-state index in [1.165, 1.54) is 6.07 Å². The van der Waals surface area contributed by atoms with Gasteiger partial charge >= 0.3 is 0 Å². The molecule has 1 fully saturated rings. The SMILES string of the molecule is CC(C)N1CCC(N[C@H](C)c2ccccc2F)C1. The summed E-state index contributed by atoms with van der Waals surface area (Å²) >= 11 is 0. The lowest BCUT2D eigenvalue weighted by atomic mass is 10.1. The Morgan fingerprint density at radius 1 is 1.28 bits per heavy atom. The molecule has 1 aromatic carbocycles. The van der Waals surface area contributed by atoms with E-state index in [9.17, 15) is 4.39 Å². The van der Waals surface area contributed by atoms with Crippen LogP contribution in [0.3, 0.4) is 0 Å². The molecule has 2 rings (SSSR count). The van der Waals surface area contributed by atoms with Gasteiger partial charge in [-0.1, -0.05) is 18.2 Å². The van der Waals surface area contributed by atoms with E-state index in [4.69, 9.17) is 0 Å². The molecular formula is C15H23FN2. The van der Waals surface area contributed by atoms with Crippen molar-refractivity contribution in [1.29, 1.82) is 0 Å². The normalized spacial score (nSPS) is 22.6. The molecule has 0 amide bonds. The zero-order chi connectivity index (χ0) is 13.1. The summed E-state index contributed by atoms with van der Waals surface area (Å²) in [5.41, 5.74) is 0.764. The van der Waals surface area contributed by atoms with Crippen molar-refractivity contribution in [2.45, 2.75) is 45.3 Å². The quantitative estimate of drug-likeness (QED) is 0.884. The molecule has 1 aliphatic heterocycles. The van der Waals surface area contributed by atoms with Gasteiger partial charge in [0.15, 0.2) is 0 Å². The van der Waals surface area contributed by atoms with Crippen molar-refractivity contribution in [2.24, 2.45) is 0 Å². The first-order valence-electron chi connectivity index (χ1n) is 6.82. The molecule has 1 N–H and O–H groups in total. The molecule has 1 aromatic rings. The Labute approximate surface area is 109 Å². The topological polar surface area (TPSA) is 15.3 Å². The first-order chi connectivity index (χ1) is 8.58. The van der Waals surface area contributed by atoms with Gasteiger partial charge in [0.05, 0.1) is 0 Å². The molecule has 0 bridgehead atoms. The van der Waals surface area contributed by atoms with Gasteiger partial charge in [-0.05, 0) is 39.8 Å². The van der Waals surface area contributed by atoms with Crippen molar-refractivity contribution in [3.05, 3.63) is 35.6 Å². The maximum atomic E-state index is 13.7. The van der Waals surface area contributed by atoms with Crippen LogP contribution in [-0.4, -0.2) is 30.1 Å². The van der Waals surface area contributed by atoms with E-state index < -0.39 is 0 Å². The van der Waals surface area contributed by atoms with Gasteiger partial charge < -0.3 is 5.32 Å². The van der Waals surface area contributed by atoms with Gasteiger partial charge in [-0.3, -0.25) is 4.90 Å². The number of nitrogens with one attached hydrogen (secondary N) is 1. The van der Waals surface area contributed by atoms with Crippen LogP contribution < -0.4 is 5.32 Å². The van der Waals surface area contributed by atoms with Crippen LogP contribution >= 0.6 is 0 Å². The fourth-order valence-corrected chi connectivity index (χ4v) is 2.66. The third-order valence-electron chi connectivity index (χ3n) is 3.81. The number of nitrogens with zero attached hydrogens (tertiary/aromatic N) is 1. The van der Waals surface area contributed by atoms with Gasteiger partial charge in [-0.15, -0.1) is 0 Å². The summed E-state index contributed by atoms with van der Waals surface area (Å²) in [7, 11) is 0. The number of halogens is 1. The molecule has 2 nitrogen and oxygen atoms in total. The zero-order valence-corrected chi connectivity index (χ0v) is 11.5. The summed E-state index contributed by atoms with van der Waals surface area (Å²) < 4.78 is 13.7. The van der Waals surface area contributed by atoms with E-state index in [-0.39, 0.29) is 11.9 Å². The predicted molar refractivity (Wildman–Crippen MR) is 73.1 cm³/mol. The monoisotopic (exact) mass is 250 g/mol. The van der Waals surface area contributed by atoms with Gasteiger partial charge in [0.1, 0.15) is 5.82 Å². The molecule has 1 aliphatic rings. The van der Waals surface area contributed by atoms with Crippen LogP contribution in [0.2, 0.25) is 0 Å². The van der Waals surface area contributed by atoms with Gasteiger partial charge in [-0.25, -0.2) is 4.39 Å². The summed E-state index contributed by atoms with van der Waals surface area (Å²) in [5.74, 6) is -0.115. The fraction of sp³-hybridized carbons (Fsp3) is 0.600. The molecule has 0 radical (unpaired) electrons. The van der Waals surface area contributed by atoms with Crippen molar-refractivity contribution < 1.29 is 4.39 Å². The molecule has 100 valence electrons. The minimum Gasteiger partial charge on any atom is -0.306 e. The molecule has 2 atom stereocenters. The summed E-state index contributed by atoms with van der Waals surface area (Å²) in [6, 6.07) is 8.17. The van der Waals surface area contributed by atoms with Gasteiger partial charge in [0.2, 0.25) is 0 Å². The Morgan fingerprint density at radius 2 is 2.00 bits per heavy atom. The lowest BCUT2D eigenvalue weighted by molar-refractivity contribution is 0.266. The van der Waals surface area contributed by atoms with Crippen molar-refractivity contribution >= 4 is 0 Å². The second-order valence-electron chi connectivity index (χ2n) is 5.48. The standard InChI is InChI=1S/C15H23FN2/c1-11(2)18-9-8-13(10-18)17-12(3)14-6-4-5-7-15(14)16/h4-7,11-13,17H,8-10H2,1-3H3/t12-,13?/m1/s1. The molecule has 1 heterocycles. The van der Waals surface area contributed by atoms with Crippen LogP contribution in [0.4, 0.5) is 4.39 Å². The second kappa shape index (κ2) is 5.81. The number of benzene rings is 1. The Bertz CT molecular complexity index is 392. The molecule has 0 saturated carbocycles. The second-order valence-corrected chi connectivity index (χ2v) is 5.48. The van der Waals surface area contributed by atoms with E-state index in [2.05, 4.69) is 24.1 Å². The van der Waals surface area contributed by atoms with Crippen molar-refractivity contribution in [3.8, 4) is 0 Å². The predicted octanol–water partition coefficient (Wildman–Crippen LogP) is 2.96. The van der Waals surface area contributed by atoms with E-state index in [1.54, 1.807) is 6.07 Å². The van der Waals surface area contributed by atoms with Gasteiger partial charge in [0.25, 0.3) is 0 Å². The Balaban J connectivity index is 1.93. The first kappa shape index (κ1) is 13.5. The van der Waals surface area contributed by atoms with E-state index in [1.807, 2.05) is 19.1 Å². The fourth-order valence-electron chi connectivity index (χ4n) is 2.66. The highest BCUT2D eigenvalue weighted by Gasteiger charge is 2.25. The molecule has 1 unspecified atom stereocenters. The van der Waals surface area contributed by atoms with Gasteiger partial charge in [-0.2, -0.15) is 0 Å². The molecule has 18 heavy (non-hydrogen) atoms. The number of likely N-dealkylation sites (tertiary alicyclic amines) is 1. The third-order valence-corrected chi connectivity index (χ3v) is 3.81. The van der Waals surface area contributed by atoms with Crippen molar-refractivity contribution in [1.82, 2.24) is 10.2 Å². The highest BCUT2D eigenvalue weighted by Crippen LogP contribution is 2.20. The smallest absolute Gasteiger partial charge is 0.127 e. The van der Waals surface area contributed by atoms with Crippen molar-refractivity contribution in [3.63, 3.8) is 0 Å². The summed E-state index contributed by atoms with van der Waals surface area (Å²) in [6.45, 7) is 8.69. The van der Waals surface area contributed by atoms with E-state index >= 15 is 0 Å². The summed E-state index contributed by atoms with van der Waals surface area (Å²) in [5, 5.41) is 3.54. The number of rotatable bonds is 4. The maximum Gasteiger partial charge on any atom is 0.127 e. The molecule has 3 heteroatoms. The molecule has 0 spiro atoms. The minimum absolute atomic E-state index is 0.0725. The molecule has 0 aliphatic carbocycles. The van der Waals surface area contributed by atoms with Crippen LogP contribution in [0.25, 0.3) is 0 Å². The minimum atomic E-state index is -0.115. The lowest BCUT2D eigenvalue weighted by Crippen LogP contribution is -2.36. The highest BCUT2D eigenvalue weighted by molar-refractivity contribution is 5.20. The van der Waals surface area contributed by atoms with E-state index in [0.29, 0.717) is 12.1 Å². The Hall–Kier alpha value is -0.930. The Kier molecular flexibility index (Phi) is 4.36. The van der Waals surface area contributed by atoms with Crippen LogP contribution in [0.1, 0.15) is 38.8 Å². The lowest BCUT2D eigenvalue weighted by Gasteiger charge is -2.23. The van der Waals surface area contributed by atoms with Crippen LogP contribution in [0, 0.1) is 5.82 Å². The first-order valence-corrected chi connectivity index (χ1v) is 6.82. The summed E-state index contributed by atoms with van der Waals surface area (Å²) in [6.07, 6.45) is 1.15. The average Bonchev–Trinajstić information content (AvgIpc) is 2.78. The molecule has 0 aromatic heterocycles. The Morgan fingerprint density at radius 3 is 2.61 bits per heavy atom. The third kappa shape index (κ3) is 3.09. The number of hydrogen-bond donors (Lipinski definition) is 1. The average molecular weight is 250 g/mol. The largest absolute Gasteiger partial charge is 0.306 e.